The first-order chi connectivity index (χ1) is 8.41. The first-order valence-electron chi connectivity index (χ1n) is 5.95. The molecule has 0 heterocycles. The Bertz CT molecular complexity index is 380. The number of hydrogen-bond donors (Lipinski definition) is 1. The van der Waals surface area contributed by atoms with E-state index in [9.17, 15) is 8.78 Å². The van der Waals surface area contributed by atoms with Crippen LogP contribution in [0.1, 0.15) is 18.4 Å². The van der Waals surface area contributed by atoms with Gasteiger partial charge in [0.2, 0.25) is 0 Å². The van der Waals surface area contributed by atoms with Crippen LogP contribution in [0.5, 0.6) is 0 Å². The zero-order valence-corrected chi connectivity index (χ0v) is 11.2. The van der Waals surface area contributed by atoms with Crippen LogP contribution in [-0.4, -0.2) is 39.1 Å². The summed E-state index contributed by atoms with van der Waals surface area (Å²) in [5.41, 5.74) is 6.47. The minimum absolute atomic E-state index is 0.00218. The second-order valence-corrected chi connectivity index (χ2v) is 4.70. The number of nitrogens with zero attached hydrogens (tertiary/aromatic N) is 2. The summed E-state index contributed by atoms with van der Waals surface area (Å²) < 4.78 is 25.9. The van der Waals surface area contributed by atoms with Crippen LogP contribution in [0.3, 0.4) is 0 Å². The number of rotatable bonds is 6. The molecule has 0 radical (unpaired) electrons. The Hall–Kier alpha value is -1.36. The smallest absolute Gasteiger partial charge is 0.265 e. The highest BCUT2D eigenvalue weighted by Gasteiger charge is 2.15. The maximum absolute atomic E-state index is 12.9. The van der Waals surface area contributed by atoms with Gasteiger partial charge in [-0.2, -0.15) is 0 Å². The third-order valence-electron chi connectivity index (χ3n) is 2.80. The summed E-state index contributed by atoms with van der Waals surface area (Å²) in [6.45, 7) is 1.67. The van der Waals surface area contributed by atoms with Gasteiger partial charge in [0.25, 0.3) is 6.43 Å². The van der Waals surface area contributed by atoms with Gasteiger partial charge in [0.15, 0.2) is 0 Å². The van der Waals surface area contributed by atoms with Gasteiger partial charge in [-0.25, -0.2) is 8.78 Å². The van der Waals surface area contributed by atoms with Crippen LogP contribution in [0.25, 0.3) is 0 Å². The number of hydrogen-bond acceptors (Lipinski definition) is 3. The molecule has 0 fully saturated rings. The van der Waals surface area contributed by atoms with Crippen molar-refractivity contribution in [3.05, 3.63) is 23.8 Å². The lowest BCUT2D eigenvalue weighted by atomic mass is 10.1. The normalized spacial score (nSPS) is 11.3. The number of benzene rings is 1. The van der Waals surface area contributed by atoms with Crippen molar-refractivity contribution >= 4 is 11.4 Å². The van der Waals surface area contributed by atoms with Crippen LogP contribution < -0.4 is 10.6 Å². The average Bonchev–Trinajstić information content (AvgIpc) is 2.28. The van der Waals surface area contributed by atoms with Gasteiger partial charge in [-0.1, -0.05) is 0 Å². The lowest BCUT2D eigenvalue weighted by molar-refractivity contribution is 0.152. The highest BCUT2D eigenvalue weighted by atomic mass is 19.3. The number of nitrogen functional groups attached to an aromatic ring is 1. The summed E-state index contributed by atoms with van der Waals surface area (Å²) in [5, 5.41) is 0. The summed E-state index contributed by atoms with van der Waals surface area (Å²) in [6.07, 6.45) is -1.57. The largest absolute Gasteiger partial charge is 0.399 e. The van der Waals surface area contributed by atoms with Crippen molar-refractivity contribution in [3.8, 4) is 0 Å². The summed E-state index contributed by atoms with van der Waals surface area (Å²) in [7, 11) is 5.81. The number of nitrogens with two attached hydrogens (primary N) is 1. The van der Waals surface area contributed by atoms with Gasteiger partial charge in [-0.15, -0.1) is 0 Å². The van der Waals surface area contributed by atoms with Crippen LogP contribution >= 0.6 is 0 Å². The highest BCUT2D eigenvalue weighted by Crippen LogP contribution is 2.31. The summed E-state index contributed by atoms with van der Waals surface area (Å²) in [5.74, 6) is 0. The number of anilines is 2. The van der Waals surface area contributed by atoms with Crippen molar-refractivity contribution in [1.82, 2.24) is 4.90 Å². The Balaban J connectivity index is 2.75. The van der Waals surface area contributed by atoms with E-state index in [0.29, 0.717) is 11.4 Å². The molecule has 18 heavy (non-hydrogen) atoms. The van der Waals surface area contributed by atoms with Gasteiger partial charge in [0.1, 0.15) is 0 Å². The molecule has 0 aliphatic heterocycles. The zero-order chi connectivity index (χ0) is 13.7. The minimum Gasteiger partial charge on any atom is -0.399 e. The second kappa shape index (κ2) is 6.54. The van der Waals surface area contributed by atoms with Crippen molar-refractivity contribution in [2.45, 2.75) is 12.8 Å². The molecular weight excluding hydrogens is 236 g/mol. The Morgan fingerprint density at radius 3 is 2.39 bits per heavy atom. The third kappa shape index (κ3) is 4.14. The topological polar surface area (TPSA) is 32.5 Å². The standard InChI is InChI=1S/C13H21F2N3/c1-17(2)7-4-8-18(3)12-6-5-10(16)9-11(12)13(14)15/h5-6,9,13H,4,7-8,16H2,1-3H3. The quantitative estimate of drug-likeness (QED) is 0.795. The first-order valence-corrected chi connectivity index (χ1v) is 5.95. The fourth-order valence-electron chi connectivity index (χ4n) is 1.84. The van der Waals surface area contributed by atoms with Gasteiger partial charge in [0, 0.05) is 30.5 Å². The molecule has 5 heteroatoms. The molecule has 0 bridgehead atoms. The van der Waals surface area contributed by atoms with Gasteiger partial charge in [0.05, 0.1) is 0 Å². The summed E-state index contributed by atoms with van der Waals surface area (Å²) in [6, 6.07) is 4.67. The molecule has 0 aliphatic carbocycles. The molecule has 2 N–H and O–H groups in total. The SMILES string of the molecule is CN(C)CCCN(C)c1ccc(N)cc1C(F)F. The van der Waals surface area contributed by atoms with Crippen molar-refractivity contribution in [2.75, 3.05) is 44.9 Å². The van der Waals surface area contributed by atoms with Gasteiger partial charge >= 0.3 is 0 Å². The Kier molecular flexibility index (Phi) is 5.34. The van der Waals surface area contributed by atoms with E-state index in [1.54, 1.807) is 12.1 Å². The molecule has 0 amide bonds. The van der Waals surface area contributed by atoms with Gasteiger partial charge in [-0.05, 0) is 45.3 Å². The predicted octanol–water partition coefficient (Wildman–Crippen LogP) is 2.59. The summed E-state index contributed by atoms with van der Waals surface area (Å²) >= 11 is 0. The van der Waals surface area contributed by atoms with Crippen LogP contribution in [0.2, 0.25) is 0 Å². The fraction of sp³-hybridized carbons (Fsp3) is 0.538. The van der Waals surface area contributed by atoms with E-state index in [0.717, 1.165) is 19.5 Å². The van der Waals surface area contributed by atoms with Crippen molar-refractivity contribution < 1.29 is 8.78 Å². The Morgan fingerprint density at radius 1 is 1.17 bits per heavy atom. The molecule has 1 rings (SSSR count). The second-order valence-electron chi connectivity index (χ2n) is 4.70. The average molecular weight is 257 g/mol. The van der Waals surface area contributed by atoms with Crippen LogP contribution in [0.15, 0.2) is 18.2 Å². The van der Waals surface area contributed by atoms with E-state index in [2.05, 4.69) is 4.90 Å². The fourth-order valence-corrected chi connectivity index (χ4v) is 1.84. The molecule has 0 unspecified atom stereocenters. The molecule has 0 atom stereocenters. The predicted molar refractivity (Wildman–Crippen MR) is 72.3 cm³/mol. The molecule has 1 aromatic carbocycles. The Labute approximate surface area is 107 Å². The van der Waals surface area contributed by atoms with E-state index >= 15 is 0 Å². The zero-order valence-electron chi connectivity index (χ0n) is 11.2. The molecule has 102 valence electrons. The molecule has 0 spiro atoms. The van der Waals surface area contributed by atoms with E-state index < -0.39 is 6.43 Å². The summed E-state index contributed by atoms with van der Waals surface area (Å²) in [4.78, 5) is 3.93. The number of alkyl halides is 2. The van der Waals surface area contributed by atoms with E-state index in [-0.39, 0.29) is 5.56 Å². The van der Waals surface area contributed by atoms with E-state index in [4.69, 9.17) is 5.73 Å². The monoisotopic (exact) mass is 257 g/mol. The number of halogens is 2. The highest BCUT2D eigenvalue weighted by molar-refractivity contribution is 5.59. The maximum Gasteiger partial charge on any atom is 0.265 e. The van der Waals surface area contributed by atoms with E-state index in [1.807, 2.05) is 26.0 Å². The molecule has 1 aromatic rings. The molecule has 0 saturated carbocycles. The molecule has 0 saturated heterocycles. The minimum atomic E-state index is -2.50. The molecule has 0 aromatic heterocycles. The first kappa shape index (κ1) is 14.7. The van der Waals surface area contributed by atoms with Crippen LogP contribution in [0.4, 0.5) is 20.2 Å². The lowest BCUT2D eigenvalue weighted by Gasteiger charge is -2.23. The van der Waals surface area contributed by atoms with Crippen molar-refractivity contribution in [2.24, 2.45) is 0 Å². The molecule has 3 nitrogen and oxygen atoms in total. The molecule has 0 aliphatic rings. The van der Waals surface area contributed by atoms with Gasteiger partial charge < -0.3 is 15.5 Å². The Morgan fingerprint density at radius 2 is 1.83 bits per heavy atom. The maximum atomic E-state index is 12.9. The van der Waals surface area contributed by atoms with Crippen LogP contribution in [0, 0.1) is 0 Å². The van der Waals surface area contributed by atoms with Crippen LogP contribution in [-0.2, 0) is 0 Å². The van der Waals surface area contributed by atoms with E-state index in [1.165, 1.54) is 6.07 Å². The van der Waals surface area contributed by atoms with Gasteiger partial charge in [-0.3, -0.25) is 0 Å². The molecular formula is C13H21F2N3. The van der Waals surface area contributed by atoms with Crippen molar-refractivity contribution in [1.29, 1.82) is 0 Å². The van der Waals surface area contributed by atoms with Crippen molar-refractivity contribution in [3.63, 3.8) is 0 Å². The lowest BCUT2D eigenvalue weighted by Crippen LogP contribution is -2.24. The third-order valence-corrected chi connectivity index (χ3v) is 2.80.